The Morgan fingerprint density at radius 2 is 0.765 bits per heavy atom. The van der Waals surface area contributed by atoms with E-state index >= 15 is 0 Å². The summed E-state index contributed by atoms with van der Waals surface area (Å²) in [7, 11) is 3.38. The van der Waals surface area contributed by atoms with Gasteiger partial charge < -0.3 is 24.6 Å². The molecule has 0 unspecified atom stereocenters. The average molecular weight is 2090 g/mol. The second-order valence-corrected chi connectivity index (χ2v) is 50.7. The number of Topliss-reactive ketones (excluding diaryl/α,β-unsaturated/α-hetero) is 10. The molecule has 25 heteroatoms. The number of unbranched alkanes of at least 4 members (excludes halogenated alkanes) is 1. The number of nitrogens with zero attached hydrogens (tertiary/aromatic N) is 2. The number of amides is 3. The third kappa shape index (κ3) is 105. The first-order valence-corrected chi connectivity index (χ1v) is 52.4. The highest BCUT2D eigenvalue weighted by Crippen LogP contribution is 2.26. The largest absolute Gasteiger partial charge is 0.375 e. The Morgan fingerprint density at radius 3 is 1.08 bits per heavy atom. The lowest BCUT2D eigenvalue weighted by molar-refractivity contribution is -0.133. The summed E-state index contributed by atoms with van der Waals surface area (Å²) in [5.41, 5.74) is -1.05. The van der Waals surface area contributed by atoms with Crippen molar-refractivity contribution in [3.63, 3.8) is 0 Å². The van der Waals surface area contributed by atoms with Crippen molar-refractivity contribution < 1.29 is 105 Å². The van der Waals surface area contributed by atoms with Crippen molar-refractivity contribution in [2.45, 2.75) is 426 Å². The molecule has 1 aliphatic heterocycles. The molecule has 0 aliphatic carbocycles. The normalized spacial score (nSPS) is 12.2. The van der Waals surface area contributed by atoms with Gasteiger partial charge >= 0.3 is 0 Å². The van der Waals surface area contributed by atoms with Crippen LogP contribution in [0.3, 0.4) is 0 Å². The number of hydrogen-bond donors (Lipinski definition) is 1. The molecule has 0 aromatic rings. The summed E-state index contributed by atoms with van der Waals surface area (Å²) >= 11 is 0. The minimum absolute atomic E-state index is 0.0110. The third-order valence-electron chi connectivity index (χ3n) is 20.2. The smallest absolute Gasteiger partial charge is 0.246 e. The summed E-state index contributed by atoms with van der Waals surface area (Å²) in [6, 6.07) is 0. The molecule has 25 nitrogen and oxygen atoms in total. The molecule has 1 fully saturated rings. The third-order valence-corrected chi connectivity index (χ3v) is 20.2. The van der Waals surface area contributed by atoms with Crippen LogP contribution in [0.1, 0.15) is 420 Å². The number of ether oxygens (including phenoxy) is 2. The van der Waals surface area contributed by atoms with E-state index in [9.17, 15) is 95.9 Å². The molecule has 1 heterocycles. The van der Waals surface area contributed by atoms with Gasteiger partial charge in [0.25, 0.3) is 0 Å². The standard InChI is InChI=1S/C15H24O3.C14H24O3.C13H23NO2.2C13H22O2.C12H19NO3.C12H18O3.C11H20O.C11H18O.C10H17NO2/c1-11(2)10-13(17)7-6-12(16)8-9-14(18)15(3,4)5;1-11(2)17-10-6-7-12(15)8-9-13(16)14(3,4)5;1-6-7-11(15)8-9-12(16)14(5)10-13(2,3)4;1-10(2)6-7-11(14)8-9-12(15)13(3,4)5;1-5-6-7-8-11(14)9-10-12(15)13(2,3)4;1-5-11(16)13-8-9(14)6-7-10(15)12(2,3)4;1-12(2,3)11(14)5-4-10(13)6-9-7-15-8-9;2*1-10(2,3)8-7-9(12)11(4,5)6;1-6-9(13)11(5)7-8(12)10(2,3)4/h10H,6-9H2,1-5H3;6-7,11H,8-10H2,1-5H3;6-7H,8-10H2,1-5H3;6-7,10H,8-9H2,1-5H3;7-8H,5-6,9-10H2,1-4H3;5H,1,6-8H2,2-4H3,(H,13,16);6H,4-5,7-8H2,1-3H3;7-8H,1-6H3;1-6H3;6H,1,7H2,2-5H3/b;3*7-6+;8-7+;;;8-7+;;. The highest BCUT2D eigenvalue weighted by atomic mass is 16.5. The lowest BCUT2D eigenvalue weighted by Crippen LogP contribution is -2.36. The summed E-state index contributed by atoms with van der Waals surface area (Å²) in [5.74, 6) is 6.32. The van der Waals surface area contributed by atoms with Crippen molar-refractivity contribution >= 4 is 116 Å². The minimum atomic E-state index is -0.412. The van der Waals surface area contributed by atoms with Gasteiger partial charge in [-0.05, 0) is 145 Å². The van der Waals surface area contributed by atoms with Gasteiger partial charge in [0.05, 0.1) is 39.0 Å². The molecule has 1 aliphatic rings. The number of likely N-dealkylation sites (N-methyl/N-ethyl adjacent to an activating group) is 1. The van der Waals surface area contributed by atoms with E-state index in [1.807, 2.05) is 267 Å². The Labute approximate surface area is 903 Å². The lowest BCUT2D eigenvalue weighted by atomic mass is 9.87. The van der Waals surface area contributed by atoms with Crippen molar-refractivity contribution in [2.75, 3.05) is 53.6 Å². The summed E-state index contributed by atoms with van der Waals surface area (Å²) in [6.45, 7) is 93.4. The van der Waals surface area contributed by atoms with Crippen molar-refractivity contribution in [3.8, 4) is 11.8 Å². The molecule has 0 aromatic heterocycles. The van der Waals surface area contributed by atoms with Gasteiger partial charge in [0.1, 0.15) is 40.5 Å². The van der Waals surface area contributed by atoms with Crippen LogP contribution in [0.4, 0.5) is 0 Å². The highest BCUT2D eigenvalue weighted by molar-refractivity contribution is 6.01. The Balaban J connectivity index is -0.000000209. The van der Waals surface area contributed by atoms with Gasteiger partial charge in [-0.2, -0.15) is 0 Å². The van der Waals surface area contributed by atoms with E-state index in [1.54, 1.807) is 68.5 Å². The Morgan fingerprint density at radius 1 is 0.409 bits per heavy atom. The van der Waals surface area contributed by atoms with E-state index in [1.165, 1.54) is 23.1 Å². The number of allylic oxidation sites excluding steroid dienone is 12. The maximum absolute atomic E-state index is 11.7. The first kappa shape index (κ1) is 157. The van der Waals surface area contributed by atoms with Gasteiger partial charge in [-0.1, -0.05) is 311 Å². The molecule has 0 spiro atoms. The van der Waals surface area contributed by atoms with Crippen LogP contribution in [0.25, 0.3) is 0 Å². The monoisotopic (exact) mass is 2090 g/mol. The Hall–Kier alpha value is -10.1. The zero-order valence-corrected chi connectivity index (χ0v) is 102. The molecule has 0 aromatic carbocycles. The van der Waals surface area contributed by atoms with Gasteiger partial charge in [0.2, 0.25) is 23.5 Å². The molecule has 1 saturated heterocycles. The van der Waals surface area contributed by atoms with Crippen LogP contribution in [0.15, 0.2) is 109 Å². The SMILES string of the molecule is C/C=C/C(=O)CCC(=O)N(C)CC(C)(C)C.C=CC(=O)N(C)CC(=O)C(C)(C)C.C=CC(=O)NCC(=O)CCC(=O)C(C)(C)C.CC(C)(C)/C=C/C(=O)C(C)(C)C.CC(C)(C)C#CC(=O)C(C)(C)C.CC(C)(C)C(=O)CCC(=O)C=C1COC1.CC(C)/C=C/C(=O)CCC(=O)C(C)(C)C.CC(C)=CC(=O)CCC(=O)CCC(=O)C(C)(C)C.CC(C)OC/C=C/C(=O)CCC(=O)C(C)(C)C.CCC/C=C/C(=O)CCC(=O)C(C)(C)C. The van der Waals surface area contributed by atoms with Crippen LogP contribution >= 0.6 is 0 Å². The fourth-order valence-corrected chi connectivity index (χ4v) is 9.98. The van der Waals surface area contributed by atoms with Gasteiger partial charge in [-0.25, -0.2) is 0 Å². The molecule has 0 saturated carbocycles. The van der Waals surface area contributed by atoms with Crippen LogP contribution in [-0.2, 0) is 105 Å². The molecule has 0 bridgehead atoms. The molecule has 850 valence electrons. The highest BCUT2D eigenvalue weighted by Gasteiger charge is 2.30. The second-order valence-electron chi connectivity index (χ2n) is 50.7. The molecule has 0 atom stereocenters. The van der Waals surface area contributed by atoms with E-state index in [0.717, 1.165) is 30.1 Å². The first-order valence-electron chi connectivity index (χ1n) is 52.4. The maximum Gasteiger partial charge on any atom is 0.246 e. The van der Waals surface area contributed by atoms with Crippen molar-refractivity contribution in [3.05, 3.63) is 109 Å². The minimum Gasteiger partial charge on any atom is -0.375 e. The molecular formula is C124H207N3O22. The molecule has 1 N–H and O–H groups in total. The zero-order valence-electron chi connectivity index (χ0n) is 102. The van der Waals surface area contributed by atoms with E-state index in [0.29, 0.717) is 90.1 Å². The van der Waals surface area contributed by atoms with Crippen LogP contribution in [-0.4, -0.2) is 185 Å². The average Bonchev–Trinajstić information content (AvgIpc) is 1.00. The van der Waals surface area contributed by atoms with E-state index < -0.39 is 16.2 Å². The molecule has 3 amide bonds. The van der Waals surface area contributed by atoms with Gasteiger partial charge in [0, 0.05) is 178 Å². The number of rotatable bonds is 44. The molecule has 0 radical (unpaired) electrons. The molecular weight excluding hydrogens is 1880 g/mol. The van der Waals surface area contributed by atoms with Crippen LogP contribution in [0.5, 0.6) is 0 Å². The molecule has 149 heavy (non-hydrogen) atoms. The topological polar surface area (TPSA) is 378 Å². The number of ketones is 17. The van der Waals surface area contributed by atoms with Gasteiger partial charge in [-0.3, -0.25) is 95.9 Å². The number of carbonyl (C=O) groups is 20. The van der Waals surface area contributed by atoms with E-state index in [-0.39, 0.29) is 229 Å². The van der Waals surface area contributed by atoms with Crippen LogP contribution < -0.4 is 5.32 Å². The number of hydrogen-bond acceptors (Lipinski definition) is 22. The van der Waals surface area contributed by atoms with Crippen LogP contribution in [0.2, 0.25) is 0 Å². The summed E-state index contributed by atoms with van der Waals surface area (Å²) in [6.07, 6.45) is 29.3. The quantitative estimate of drug-likeness (QED) is 0.0336. The van der Waals surface area contributed by atoms with E-state index in [4.69, 9.17) is 9.47 Å². The summed E-state index contributed by atoms with van der Waals surface area (Å²) in [5, 5.41) is 2.38. The fraction of sp³-hybridized carbons (Fsp3) is 0.677. The fourth-order valence-electron chi connectivity index (χ4n) is 9.98. The van der Waals surface area contributed by atoms with Crippen molar-refractivity contribution in [2.24, 2.45) is 70.9 Å². The van der Waals surface area contributed by atoms with Gasteiger partial charge in [0.15, 0.2) is 52.0 Å². The van der Waals surface area contributed by atoms with Gasteiger partial charge in [-0.15, -0.1) is 0 Å². The van der Waals surface area contributed by atoms with Crippen molar-refractivity contribution in [1.29, 1.82) is 0 Å². The first-order chi connectivity index (χ1) is 66.9. The van der Waals surface area contributed by atoms with E-state index in [2.05, 4.69) is 78.8 Å². The second kappa shape index (κ2) is 77.3. The Kier molecular flexibility index (Phi) is 81.2. The lowest BCUT2D eigenvalue weighted by Gasteiger charge is -2.26. The van der Waals surface area contributed by atoms with Crippen molar-refractivity contribution in [1.82, 2.24) is 15.1 Å². The predicted molar refractivity (Wildman–Crippen MR) is 609 cm³/mol. The number of carbonyl (C=O) groups excluding carboxylic acids is 20. The number of nitrogens with one attached hydrogen (secondary N) is 1. The Bertz CT molecular complexity index is 4540. The maximum atomic E-state index is 11.7. The van der Waals surface area contributed by atoms with Crippen LogP contribution in [0, 0.1) is 82.7 Å². The summed E-state index contributed by atoms with van der Waals surface area (Å²) in [4.78, 5) is 231. The zero-order chi connectivity index (χ0) is 119. The summed E-state index contributed by atoms with van der Waals surface area (Å²) < 4.78 is 10.2. The predicted octanol–water partition coefficient (Wildman–Crippen LogP) is 25.3. The molecule has 1 rings (SSSR count).